The third-order valence-corrected chi connectivity index (χ3v) is 3.41. The van der Waals surface area contributed by atoms with Crippen LogP contribution in [0.4, 0.5) is 14.5 Å². The fraction of sp³-hybridized carbons (Fsp3) is 0.462. The van der Waals surface area contributed by atoms with Crippen molar-refractivity contribution >= 4 is 11.6 Å². The second-order valence-electron chi connectivity index (χ2n) is 4.92. The number of hydrogen-bond acceptors (Lipinski definition) is 2. The summed E-state index contributed by atoms with van der Waals surface area (Å²) in [7, 11) is 0. The molecule has 1 aliphatic carbocycles. The second kappa shape index (κ2) is 5.52. The molecule has 0 spiro atoms. The molecule has 0 radical (unpaired) electrons. The highest BCUT2D eigenvalue weighted by Gasteiger charge is 2.41. The Hall–Kier alpha value is -1.69. The van der Waals surface area contributed by atoms with Crippen LogP contribution in [0.15, 0.2) is 23.2 Å². The Bertz CT molecular complexity index is 487. The zero-order valence-corrected chi connectivity index (χ0v) is 10.5. The normalized spacial score (nSPS) is 17.3. The Morgan fingerprint density at radius 3 is 2.79 bits per heavy atom. The first-order valence-corrected chi connectivity index (χ1v) is 6.17. The topological polar surface area (TPSA) is 70.6 Å². The van der Waals surface area contributed by atoms with Crippen LogP contribution in [-0.4, -0.2) is 24.2 Å². The molecule has 0 aromatic heterocycles. The summed E-state index contributed by atoms with van der Waals surface area (Å²) in [5.41, 5.74) is 5.57. The lowest BCUT2D eigenvalue weighted by molar-refractivity contribution is 0.205. The summed E-state index contributed by atoms with van der Waals surface area (Å²) in [5.74, 6) is -1.10. The maximum atomic E-state index is 13.3. The molecule has 1 aliphatic rings. The number of halogens is 2. The minimum Gasteiger partial charge on any atom is -0.396 e. The van der Waals surface area contributed by atoms with E-state index in [0.717, 1.165) is 37.5 Å². The van der Waals surface area contributed by atoms with Crippen molar-refractivity contribution in [3.05, 3.63) is 29.8 Å². The monoisotopic (exact) mass is 269 g/mol. The molecule has 0 aliphatic heterocycles. The van der Waals surface area contributed by atoms with E-state index in [2.05, 4.69) is 10.3 Å². The van der Waals surface area contributed by atoms with Crippen LogP contribution in [0.3, 0.4) is 0 Å². The number of anilines is 1. The van der Waals surface area contributed by atoms with Crippen LogP contribution in [0, 0.1) is 17.0 Å². The summed E-state index contributed by atoms with van der Waals surface area (Å²) in [4.78, 5) is 4.05. The van der Waals surface area contributed by atoms with Crippen molar-refractivity contribution in [2.75, 3.05) is 18.5 Å². The fourth-order valence-electron chi connectivity index (χ4n) is 1.85. The number of nitrogens with zero attached hydrogens (tertiary/aromatic N) is 1. The molecule has 0 bridgehead atoms. The number of rotatable bonds is 5. The number of aliphatic hydroxyl groups is 1. The van der Waals surface area contributed by atoms with Crippen molar-refractivity contribution in [1.82, 2.24) is 0 Å². The number of nitrogens with one attached hydrogen (secondary N) is 1. The molecule has 6 heteroatoms. The lowest BCUT2D eigenvalue weighted by Crippen LogP contribution is -2.24. The van der Waals surface area contributed by atoms with Gasteiger partial charge in [-0.15, -0.1) is 0 Å². The quantitative estimate of drug-likeness (QED) is 0.564. The van der Waals surface area contributed by atoms with E-state index in [1.165, 1.54) is 0 Å². The maximum Gasteiger partial charge on any atom is 0.193 e. The predicted octanol–water partition coefficient (Wildman–Crippen LogP) is 1.85. The summed E-state index contributed by atoms with van der Waals surface area (Å²) in [5, 5.41) is 11.7. The Balaban J connectivity index is 1.89. The van der Waals surface area contributed by atoms with Crippen molar-refractivity contribution in [3.8, 4) is 0 Å². The van der Waals surface area contributed by atoms with Gasteiger partial charge in [-0.05, 0) is 36.8 Å². The van der Waals surface area contributed by atoms with Gasteiger partial charge in [0.2, 0.25) is 0 Å². The first kappa shape index (κ1) is 13.7. The minimum atomic E-state index is -0.589. The summed E-state index contributed by atoms with van der Waals surface area (Å²) >= 11 is 0. The number of guanidine groups is 1. The van der Waals surface area contributed by atoms with Gasteiger partial charge in [-0.2, -0.15) is 0 Å². The molecule has 0 saturated heterocycles. The molecule has 4 nitrogen and oxygen atoms in total. The molecule has 0 atom stereocenters. The summed E-state index contributed by atoms with van der Waals surface area (Å²) in [6.45, 7) is 0.616. The van der Waals surface area contributed by atoms with Crippen LogP contribution >= 0.6 is 0 Å². The van der Waals surface area contributed by atoms with Crippen molar-refractivity contribution in [1.29, 1.82) is 0 Å². The molecule has 0 heterocycles. The lowest BCUT2D eigenvalue weighted by Gasteiger charge is -2.10. The molecular weight excluding hydrogens is 252 g/mol. The van der Waals surface area contributed by atoms with Crippen molar-refractivity contribution in [3.63, 3.8) is 0 Å². The molecule has 0 unspecified atom stereocenters. The van der Waals surface area contributed by atoms with Crippen LogP contribution < -0.4 is 11.1 Å². The molecule has 2 rings (SSSR count). The van der Waals surface area contributed by atoms with E-state index in [-0.39, 0.29) is 23.7 Å². The van der Waals surface area contributed by atoms with Gasteiger partial charge in [0, 0.05) is 19.2 Å². The molecule has 1 aromatic rings. The molecule has 4 N–H and O–H groups in total. The van der Waals surface area contributed by atoms with Crippen molar-refractivity contribution in [2.24, 2.45) is 16.1 Å². The largest absolute Gasteiger partial charge is 0.396 e. The average Bonchev–Trinajstić information content (AvgIpc) is 3.14. The maximum absolute atomic E-state index is 13.3. The molecule has 0 amide bonds. The Labute approximate surface area is 110 Å². The average molecular weight is 269 g/mol. The zero-order chi connectivity index (χ0) is 13.9. The van der Waals surface area contributed by atoms with E-state index in [4.69, 9.17) is 10.8 Å². The van der Waals surface area contributed by atoms with Crippen LogP contribution in [-0.2, 0) is 0 Å². The number of benzene rings is 1. The second-order valence-corrected chi connectivity index (χ2v) is 4.92. The minimum absolute atomic E-state index is 0.00782. The SMILES string of the molecule is NC(=NCCC1(CO)CC1)Nc1cc(F)ccc1F. The van der Waals surface area contributed by atoms with Crippen molar-refractivity contribution < 1.29 is 13.9 Å². The third kappa shape index (κ3) is 3.64. The van der Waals surface area contributed by atoms with Gasteiger partial charge in [-0.3, -0.25) is 4.99 Å². The Kier molecular flexibility index (Phi) is 3.99. The van der Waals surface area contributed by atoms with Crippen LogP contribution in [0.25, 0.3) is 0 Å². The number of hydrogen-bond donors (Lipinski definition) is 3. The van der Waals surface area contributed by atoms with E-state index in [9.17, 15) is 8.78 Å². The highest BCUT2D eigenvalue weighted by atomic mass is 19.1. The predicted molar refractivity (Wildman–Crippen MR) is 69.8 cm³/mol. The standard InChI is InChI=1S/C13H17F2N3O/c14-9-1-2-10(15)11(7-9)18-12(16)17-6-5-13(8-19)3-4-13/h1-2,7,19H,3-6,8H2,(H3,16,17,18). The first-order chi connectivity index (χ1) is 9.04. The molecule has 1 saturated carbocycles. The highest BCUT2D eigenvalue weighted by molar-refractivity contribution is 5.92. The summed E-state index contributed by atoms with van der Waals surface area (Å²) in [6.07, 6.45) is 2.76. The van der Waals surface area contributed by atoms with Gasteiger partial charge in [-0.1, -0.05) is 0 Å². The molecule has 104 valence electrons. The number of aliphatic imine (C=N–C) groups is 1. The van der Waals surface area contributed by atoms with E-state index < -0.39 is 11.6 Å². The van der Waals surface area contributed by atoms with Crippen molar-refractivity contribution in [2.45, 2.75) is 19.3 Å². The van der Waals surface area contributed by atoms with Crippen LogP contribution in [0.2, 0.25) is 0 Å². The van der Waals surface area contributed by atoms with Gasteiger partial charge in [0.05, 0.1) is 5.69 Å². The summed E-state index contributed by atoms with van der Waals surface area (Å²) < 4.78 is 26.3. The smallest absolute Gasteiger partial charge is 0.193 e. The van der Waals surface area contributed by atoms with Crippen LogP contribution in [0.5, 0.6) is 0 Å². The van der Waals surface area contributed by atoms with E-state index in [0.29, 0.717) is 6.54 Å². The summed E-state index contributed by atoms with van der Waals surface area (Å²) in [6, 6.07) is 3.08. The van der Waals surface area contributed by atoms with Gasteiger partial charge in [-0.25, -0.2) is 8.78 Å². The Morgan fingerprint density at radius 2 is 2.16 bits per heavy atom. The van der Waals surface area contributed by atoms with E-state index >= 15 is 0 Å². The highest BCUT2D eigenvalue weighted by Crippen LogP contribution is 2.48. The number of aliphatic hydroxyl groups excluding tert-OH is 1. The van der Waals surface area contributed by atoms with Gasteiger partial charge in [0.15, 0.2) is 5.96 Å². The van der Waals surface area contributed by atoms with E-state index in [1.807, 2.05) is 0 Å². The Morgan fingerprint density at radius 1 is 1.42 bits per heavy atom. The molecule has 19 heavy (non-hydrogen) atoms. The molecular formula is C13H17F2N3O. The van der Waals surface area contributed by atoms with E-state index in [1.54, 1.807) is 0 Å². The molecule has 1 aromatic carbocycles. The molecule has 1 fully saturated rings. The van der Waals surface area contributed by atoms with Gasteiger partial charge in [0.1, 0.15) is 11.6 Å². The number of nitrogens with two attached hydrogens (primary N) is 1. The lowest BCUT2D eigenvalue weighted by atomic mass is 10.0. The third-order valence-electron chi connectivity index (χ3n) is 3.41. The zero-order valence-electron chi connectivity index (χ0n) is 10.5. The fourth-order valence-corrected chi connectivity index (χ4v) is 1.85. The van der Waals surface area contributed by atoms with Gasteiger partial charge >= 0.3 is 0 Å². The van der Waals surface area contributed by atoms with Crippen LogP contribution in [0.1, 0.15) is 19.3 Å². The van der Waals surface area contributed by atoms with Gasteiger partial charge < -0.3 is 16.2 Å². The first-order valence-electron chi connectivity index (χ1n) is 6.17. The van der Waals surface area contributed by atoms with Gasteiger partial charge in [0.25, 0.3) is 0 Å².